The van der Waals surface area contributed by atoms with E-state index in [-0.39, 0.29) is 0 Å². The molecular weight excluding hydrogens is 372 g/mol. The van der Waals surface area contributed by atoms with Gasteiger partial charge in [0, 0.05) is 38.4 Å². The normalized spacial score (nSPS) is 16.5. The van der Waals surface area contributed by atoms with Crippen molar-refractivity contribution in [2.75, 3.05) is 57.4 Å². The van der Waals surface area contributed by atoms with Gasteiger partial charge in [-0.2, -0.15) is 0 Å². The summed E-state index contributed by atoms with van der Waals surface area (Å²) in [6.45, 7) is 7.87. The molecule has 0 atom stereocenters. The molecule has 0 bridgehead atoms. The lowest BCUT2D eigenvalue weighted by atomic mass is 10.2. The van der Waals surface area contributed by atoms with E-state index in [0.717, 1.165) is 55.6 Å². The fraction of sp³-hybridized carbons (Fsp3) is 0.429. The molecule has 4 rings (SSSR count). The van der Waals surface area contributed by atoms with Crippen LogP contribution in [0.1, 0.15) is 16.1 Å². The van der Waals surface area contributed by atoms with Crippen LogP contribution in [0.5, 0.6) is 17.4 Å². The van der Waals surface area contributed by atoms with Crippen LogP contribution in [0.25, 0.3) is 0 Å². The molecule has 0 saturated carbocycles. The van der Waals surface area contributed by atoms with Gasteiger partial charge in [0.25, 0.3) is 5.91 Å². The van der Waals surface area contributed by atoms with Crippen molar-refractivity contribution < 1.29 is 19.0 Å². The third-order valence-electron chi connectivity index (χ3n) is 5.17. The lowest BCUT2D eigenvalue weighted by molar-refractivity contribution is 0.0994. The molecule has 3 heterocycles. The molecule has 1 amide bonds. The van der Waals surface area contributed by atoms with Crippen LogP contribution in [0.3, 0.4) is 0 Å². The number of hydrogen-bond acceptors (Lipinski definition) is 7. The van der Waals surface area contributed by atoms with Crippen LogP contribution in [-0.2, 0) is 0 Å². The van der Waals surface area contributed by atoms with Crippen molar-refractivity contribution in [1.82, 2.24) is 9.88 Å². The van der Waals surface area contributed by atoms with Crippen molar-refractivity contribution in [1.29, 1.82) is 0 Å². The van der Waals surface area contributed by atoms with E-state index in [1.165, 1.54) is 0 Å². The van der Waals surface area contributed by atoms with Gasteiger partial charge in [0.2, 0.25) is 5.88 Å². The number of aromatic nitrogens is 1. The highest BCUT2D eigenvalue weighted by Gasteiger charge is 2.23. The molecule has 0 aliphatic carbocycles. The lowest BCUT2D eigenvalue weighted by Crippen LogP contribution is -2.47. The number of rotatable bonds is 6. The average molecular weight is 398 g/mol. The molecule has 1 fully saturated rings. The number of benzene rings is 1. The van der Waals surface area contributed by atoms with Gasteiger partial charge in [0.1, 0.15) is 25.4 Å². The van der Waals surface area contributed by atoms with Crippen LogP contribution < -0.4 is 24.8 Å². The van der Waals surface area contributed by atoms with Gasteiger partial charge in [-0.3, -0.25) is 9.69 Å². The zero-order valence-electron chi connectivity index (χ0n) is 16.6. The molecule has 2 aliphatic heterocycles. The quantitative estimate of drug-likeness (QED) is 0.788. The Hall–Kier alpha value is -3.00. The second-order valence-electron chi connectivity index (χ2n) is 7.15. The number of nitrogens with two attached hydrogens (primary N) is 1. The first kappa shape index (κ1) is 19.3. The number of piperazine rings is 1. The van der Waals surface area contributed by atoms with E-state index >= 15 is 0 Å². The second-order valence-corrected chi connectivity index (χ2v) is 7.15. The summed E-state index contributed by atoms with van der Waals surface area (Å²) in [5, 5.41) is 0. The van der Waals surface area contributed by atoms with Gasteiger partial charge in [0.05, 0.1) is 5.69 Å². The first-order valence-corrected chi connectivity index (χ1v) is 9.88. The lowest BCUT2D eigenvalue weighted by Gasteiger charge is -2.37. The number of nitrogens with zero attached hydrogens (tertiary/aromatic N) is 3. The fourth-order valence-corrected chi connectivity index (χ4v) is 3.62. The van der Waals surface area contributed by atoms with E-state index in [0.29, 0.717) is 31.3 Å². The molecule has 8 heteroatoms. The zero-order chi connectivity index (χ0) is 20.2. The average Bonchev–Trinajstić information content (AvgIpc) is 2.74. The second kappa shape index (κ2) is 8.57. The molecule has 0 unspecified atom stereocenters. The third kappa shape index (κ3) is 4.37. The summed E-state index contributed by atoms with van der Waals surface area (Å²) in [5.41, 5.74) is 7.60. The maximum absolute atomic E-state index is 11.5. The molecule has 8 nitrogen and oxygen atoms in total. The number of pyridine rings is 1. The smallest absolute Gasteiger partial charge is 0.254 e. The predicted molar refractivity (Wildman–Crippen MR) is 109 cm³/mol. The summed E-state index contributed by atoms with van der Waals surface area (Å²) < 4.78 is 17.3. The molecule has 29 heavy (non-hydrogen) atoms. The van der Waals surface area contributed by atoms with Crippen molar-refractivity contribution in [2.24, 2.45) is 5.73 Å². The summed E-state index contributed by atoms with van der Waals surface area (Å²) in [6, 6.07) is 9.45. The highest BCUT2D eigenvalue weighted by molar-refractivity contribution is 5.95. The van der Waals surface area contributed by atoms with E-state index in [1.807, 2.05) is 19.1 Å². The Morgan fingerprint density at radius 1 is 1.14 bits per heavy atom. The Morgan fingerprint density at radius 3 is 2.72 bits per heavy atom. The Bertz CT molecular complexity index is 881. The molecule has 2 aliphatic rings. The highest BCUT2D eigenvalue weighted by Crippen LogP contribution is 2.39. The minimum Gasteiger partial charge on any atom is -0.486 e. The standard InChI is InChI=1S/C21H26N4O4/c1-15-5-6-16(20(22)26)21(23-15)29-12-11-24-7-9-25(10-8-24)17-3-2-4-18-19(17)28-14-13-27-18/h2-6H,7-14H2,1H3,(H2,22,26). The largest absolute Gasteiger partial charge is 0.486 e. The molecule has 1 aromatic heterocycles. The maximum Gasteiger partial charge on any atom is 0.254 e. The van der Waals surface area contributed by atoms with Gasteiger partial charge >= 0.3 is 0 Å². The Balaban J connectivity index is 1.30. The molecule has 1 saturated heterocycles. The number of anilines is 1. The van der Waals surface area contributed by atoms with Gasteiger partial charge in [-0.1, -0.05) is 6.07 Å². The number of para-hydroxylation sites is 1. The summed E-state index contributed by atoms with van der Waals surface area (Å²) in [7, 11) is 0. The van der Waals surface area contributed by atoms with Gasteiger partial charge in [-0.25, -0.2) is 4.98 Å². The van der Waals surface area contributed by atoms with Crippen LogP contribution in [0, 0.1) is 6.92 Å². The minimum atomic E-state index is -0.529. The Labute approximate surface area is 170 Å². The van der Waals surface area contributed by atoms with Crippen molar-refractivity contribution in [2.45, 2.75) is 6.92 Å². The van der Waals surface area contributed by atoms with E-state index < -0.39 is 5.91 Å². The summed E-state index contributed by atoms with van der Waals surface area (Å²) >= 11 is 0. The van der Waals surface area contributed by atoms with Gasteiger partial charge < -0.3 is 24.8 Å². The highest BCUT2D eigenvalue weighted by atomic mass is 16.6. The van der Waals surface area contributed by atoms with E-state index in [2.05, 4.69) is 20.9 Å². The molecule has 2 aromatic rings. The number of hydrogen-bond donors (Lipinski definition) is 1. The Kier molecular flexibility index (Phi) is 5.71. The van der Waals surface area contributed by atoms with Crippen molar-refractivity contribution >= 4 is 11.6 Å². The minimum absolute atomic E-state index is 0.309. The van der Waals surface area contributed by atoms with Crippen molar-refractivity contribution in [3.63, 3.8) is 0 Å². The number of primary amides is 1. The maximum atomic E-state index is 11.5. The monoisotopic (exact) mass is 398 g/mol. The molecule has 154 valence electrons. The van der Waals surface area contributed by atoms with Crippen LogP contribution in [0.4, 0.5) is 5.69 Å². The third-order valence-corrected chi connectivity index (χ3v) is 5.17. The predicted octanol–water partition coefficient (Wildman–Crippen LogP) is 1.46. The first-order valence-electron chi connectivity index (χ1n) is 9.88. The summed E-state index contributed by atoms with van der Waals surface area (Å²) in [6.07, 6.45) is 0. The molecular formula is C21H26N4O4. The van der Waals surface area contributed by atoms with Crippen molar-refractivity contribution in [3.05, 3.63) is 41.6 Å². The number of ether oxygens (including phenoxy) is 3. The van der Waals surface area contributed by atoms with Gasteiger partial charge in [-0.15, -0.1) is 0 Å². The van der Waals surface area contributed by atoms with Crippen LogP contribution in [-0.4, -0.2) is 68.3 Å². The van der Waals surface area contributed by atoms with E-state index in [4.69, 9.17) is 19.9 Å². The van der Waals surface area contributed by atoms with Gasteiger partial charge in [-0.05, 0) is 31.2 Å². The first-order chi connectivity index (χ1) is 14.1. The molecule has 1 aromatic carbocycles. The van der Waals surface area contributed by atoms with Crippen LogP contribution in [0.15, 0.2) is 30.3 Å². The number of aryl methyl sites for hydroxylation is 1. The van der Waals surface area contributed by atoms with Gasteiger partial charge in [0.15, 0.2) is 11.5 Å². The zero-order valence-corrected chi connectivity index (χ0v) is 16.6. The molecule has 0 radical (unpaired) electrons. The number of amides is 1. The Morgan fingerprint density at radius 2 is 1.93 bits per heavy atom. The number of fused-ring (bicyclic) bond motifs is 1. The summed E-state index contributed by atoms with van der Waals surface area (Å²) in [5.74, 6) is 1.45. The molecule has 0 spiro atoms. The number of carbonyl (C=O) groups excluding carboxylic acids is 1. The molecule has 2 N–H and O–H groups in total. The number of carbonyl (C=O) groups is 1. The summed E-state index contributed by atoms with van der Waals surface area (Å²) in [4.78, 5) is 20.5. The fourth-order valence-electron chi connectivity index (χ4n) is 3.62. The van der Waals surface area contributed by atoms with Crippen LogP contribution >= 0.6 is 0 Å². The van der Waals surface area contributed by atoms with E-state index in [1.54, 1.807) is 12.1 Å². The van der Waals surface area contributed by atoms with Crippen LogP contribution in [0.2, 0.25) is 0 Å². The van der Waals surface area contributed by atoms with Crippen molar-refractivity contribution in [3.8, 4) is 17.4 Å². The SMILES string of the molecule is Cc1ccc(C(N)=O)c(OCCN2CCN(c3cccc4c3OCCO4)CC2)n1. The topological polar surface area (TPSA) is 90.2 Å². The van der Waals surface area contributed by atoms with E-state index in [9.17, 15) is 4.79 Å².